The van der Waals surface area contributed by atoms with Crippen molar-refractivity contribution in [2.75, 3.05) is 5.43 Å². The number of nitrogens with one attached hydrogen (secondary N) is 2. The second-order valence-electron chi connectivity index (χ2n) is 4.98. The van der Waals surface area contributed by atoms with E-state index in [-0.39, 0.29) is 11.6 Å². The van der Waals surface area contributed by atoms with Gasteiger partial charge in [-0.2, -0.15) is 15.3 Å². The van der Waals surface area contributed by atoms with Crippen LogP contribution in [0, 0.1) is 11.3 Å². The number of nitrogens with zero attached hydrogens (tertiary/aromatic N) is 3. The topological polar surface area (TPSA) is 90.0 Å². The first kappa shape index (κ1) is 14.2. The molecule has 0 aliphatic carbocycles. The molecule has 0 bridgehead atoms. The standard InChI is InChI=1S/C17H11N5OS/c18-9-14-16(23-17(21-14)15-2-1-7-24-15)22-20-10-11-3-4-12-5-6-19-13(12)8-11/h1-8,10,19,22H/b20-10+. The van der Waals surface area contributed by atoms with Gasteiger partial charge in [0.1, 0.15) is 6.07 Å². The van der Waals surface area contributed by atoms with Crippen LogP contribution in [0.5, 0.6) is 0 Å². The van der Waals surface area contributed by atoms with Crippen molar-refractivity contribution >= 4 is 34.3 Å². The van der Waals surface area contributed by atoms with Crippen LogP contribution in [0.15, 0.2) is 57.5 Å². The van der Waals surface area contributed by atoms with Gasteiger partial charge in [-0.25, -0.2) is 5.43 Å². The maximum absolute atomic E-state index is 9.18. The zero-order valence-electron chi connectivity index (χ0n) is 12.4. The summed E-state index contributed by atoms with van der Waals surface area (Å²) in [6, 6.07) is 13.8. The Hall–Kier alpha value is -3.37. The van der Waals surface area contributed by atoms with Gasteiger partial charge in [-0.1, -0.05) is 18.2 Å². The van der Waals surface area contributed by atoms with Crippen LogP contribution in [0.3, 0.4) is 0 Å². The highest BCUT2D eigenvalue weighted by atomic mass is 32.1. The molecular formula is C17H11N5OS. The zero-order chi connectivity index (χ0) is 16.4. The average Bonchev–Trinajstić information content (AvgIpc) is 3.34. The molecule has 0 fully saturated rings. The number of aromatic nitrogens is 2. The summed E-state index contributed by atoms with van der Waals surface area (Å²) in [7, 11) is 0. The molecule has 0 aliphatic heterocycles. The fourth-order valence-electron chi connectivity index (χ4n) is 2.29. The molecule has 7 heteroatoms. The fraction of sp³-hybridized carbons (Fsp3) is 0. The third-order valence-electron chi connectivity index (χ3n) is 3.42. The van der Waals surface area contributed by atoms with Crippen LogP contribution in [0.25, 0.3) is 21.7 Å². The molecule has 0 saturated carbocycles. The van der Waals surface area contributed by atoms with Gasteiger partial charge < -0.3 is 9.40 Å². The predicted molar refractivity (Wildman–Crippen MR) is 94.0 cm³/mol. The van der Waals surface area contributed by atoms with E-state index >= 15 is 0 Å². The summed E-state index contributed by atoms with van der Waals surface area (Å²) in [4.78, 5) is 8.19. The third kappa shape index (κ3) is 2.66. The van der Waals surface area contributed by atoms with Crippen molar-refractivity contribution in [3.05, 3.63) is 59.2 Å². The highest BCUT2D eigenvalue weighted by Gasteiger charge is 2.14. The van der Waals surface area contributed by atoms with Gasteiger partial charge in [0.2, 0.25) is 11.6 Å². The largest absolute Gasteiger partial charge is 0.416 e. The number of hydrogen-bond donors (Lipinski definition) is 2. The summed E-state index contributed by atoms with van der Waals surface area (Å²) in [5, 5.41) is 16.4. The van der Waals surface area contributed by atoms with Crippen LogP contribution in [0.4, 0.5) is 5.88 Å². The Labute approximate surface area is 141 Å². The lowest BCUT2D eigenvalue weighted by Crippen LogP contribution is -1.91. The minimum Gasteiger partial charge on any atom is -0.416 e. The van der Waals surface area contributed by atoms with E-state index in [9.17, 15) is 5.26 Å². The number of rotatable bonds is 4. The molecule has 0 saturated heterocycles. The number of anilines is 1. The van der Waals surface area contributed by atoms with E-state index < -0.39 is 0 Å². The molecule has 0 unspecified atom stereocenters. The second-order valence-corrected chi connectivity index (χ2v) is 5.93. The van der Waals surface area contributed by atoms with Crippen LogP contribution in [0.2, 0.25) is 0 Å². The van der Waals surface area contributed by atoms with Gasteiger partial charge in [-0.15, -0.1) is 11.3 Å². The molecule has 4 aromatic rings. The molecule has 4 rings (SSSR count). The van der Waals surface area contributed by atoms with E-state index in [1.807, 2.05) is 54.0 Å². The van der Waals surface area contributed by atoms with Crippen molar-refractivity contribution in [3.8, 4) is 16.8 Å². The van der Waals surface area contributed by atoms with E-state index in [2.05, 4.69) is 20.5 Å². The molecule has 3 aromatic heterocycles. The Balaban J connectivity index is 1.55. The molecule has 1 aromatic carbocycles. The molecule has 0 atom stereocenters. The Morgan fingerprint density at radius 3 is 3.12 bits per heavy atom. The molecule has 2 N–H and O–H groups in total. The number of nitriles is 1. The van der Waals surface area contributed by atoms with Crippen LogP contribution in [-0.4, -0.2) is 16.2 Å². The lowest BCUT2D eigenvalue weighted by molar-refractivity contribution is 0.588. The van der Waals surface area contributed by atoms with E-state index in [0.717, 1.165) is 21.3 Å². The zero-order valence-corrected chi connectivity index (χ0v) is 13.2. The second kappa shape index (κ2) is 6.02. The van der Waals surface area contributed by atoms with E-state index in [4.69, 9.17) is 4.42 Å². The van der Waals surface area contributed by atoms with Gasteiger partial charge in [-0.3, -0.25) is 0 Å². The first-order valence-electron chi connectivity index (χ1n) is 7.14. The molecule has 0 radical (unpaired) electrons. The number of aromatic amines is 1. The maximum atomic E-state index is 9.18. The average molecular weight is 333 g/mol. The minimum absolute atomic E-state index is 0.176. The van der Waals surface area contributed by atoms with Gasteiger partial charge >= 0.3 is 0 Å². The number of thiophene rings is 1. The van der Waals surface area contributed by atoms with Crippen molar-refractivity contribution in [1.29, 1.82) is 5.26 Å². The molecule has 0 amide bonds. The van der Waals surface area contributed by atoms with Crippen LogP contribution in [0.1, 0.15) is 11.3 Å². The molecule has 116 valence electrons. The number of hydrogen-bond acceptors (Lipinski definition) is 6. The first-order valence-corrected chi connectivity index (χ1v) is 8.02. The van der Waals surface area contributed by atoms with Crippen LogP contribution < -0.4 is 5.43 Å². The molecule has 24 heavy (non-hydrogen) atoms. The Morgan fingerprint density at radius 1 is 1.33 bits per heavy atom. The summed E-state index contributed by atoms with van der Waals surface area (Å²) in [5.74, 6) is 0.644. The predicted octanol–water partition coefficient (Wildman–Crippen LogP) is 4.20. The third-order valence-corrected chi connectivity index (χ3v) is 4.28. The van der Waals surface area contributed by atoms with Gasteiger partial charge in [0.15, 0.2) is 0 Å². The number of H-pyrrole nitrogens is 1. The van der Waals surface area contributed by atoms with Crippen molar-refractivity contribution in [1.82, 2.24) is 9.97 Å². The summed E-state index contributed by atoms with van der Waals surface area (Å²) in [6.07, 6.45) is 3.55. The van der Waals surface area contributed by atoms with E-state index in [0.29, 0.717) is 5.89 Å². The SMILES string of the molecule is N#Cc1nc(-c2cccs2)oc1N/N=C/c1ccc2cc[nH]c2c1. The lowest BCUT2D eigenvalue weighted by Gasteiger charge is -1.96. The summed E-state index contributed by atoms with van der Waals surface area (Å²) in [6.45, 7) is 0. The summed E-state index contributed by atoms with van der Waals surface area (Å²) >= 11 is 1.50. The normalized spacial score (nSPS) is 11.1. The Kier molecular flexibility index (Phi) is 3.57. The first-order chi connectivity index (χ1) is 11.8. The molecule has 6 nitrogen and oxygen atoms in total. The molecular weight excluding hydrogens is 322 g/mol. The van der Waals surface area contributed by atoms with E-state index in [1.54, 1.807) is 6.21 Å². The summed E-state index contributed by atoms with van der Waals surface area (Å²) in [5.41, 5.74) is 4.89. The van der Waals surface area contributed by atoms with Crippen molar-refractivity contribution in [2.45, 2.75) is 0 Å². The quantitative estimate of drug-likeness (QED) is 0.432. The van der Waals surface area contributed by atoms with Crippen molar-refractivity contribution in [3.63, 3.8) is 0 Å². The maximum Gasteiger partial charge on any atom is 0.252 e. The fourth-order valence-corrected chi connectivity index (χ4v) is 2.94. The van der Waals surface area contributed by atoms with Gasteiger partial charge in [0.05, 0.1) is 11.1 Å². The van der Waals surface area contributed by atoms with E-state index in [1.165, 1.54) is 11.3 Å². The van der Waals surface area contributed by atoms with Crippen LogP contribution >= 0.6 is 11.3 Å². The van der Waals surface area contributed by atoms with Gasteiger partial charge in [0, 0.05) is 11.7 Å². The smallest absolute Gasteiger partial charge is 0.252 e. The number of benzene rings is 1. The molecule has 0 spiro atoms. The summed E-state index contributed by atoms with van der Waals surface area (Å²) < 4.78 is 5.59. The molecule has 3 heterocycles. The van der Waals surface area contributed by atoms with Gasteiger partial charge in [-0.05, 0) is 34.5 Å². The monoisotopic (exact) mass is 333 g/mol. The highest BCUT2D eigenvalue weighted by Crippen LogP contribution is 2.28. The van der Waals surface area contributed by atoms with Crippen molar-refractivity contribution < 1.29 is 4.42 Å². The highest BCUT2D eigenvalue weighted by molar-refractivity contribution is 7.13. The molecule has 0 aliphatic rings. The lowest BCUT2D eigenvalue weighted by atomic mass is 10.2. The minimum atomic E-state index is 0.176. The number of hydrazone groups is 1. The Morgan fingerprint density at radius 2 is 2.29 bits per heavy atom. The Bertz CT molecular complexity index is 1050. The van der Waals surface area contributed by atoms with Crippen molar-refractivity contribution in [2.24, 2.45) is 5.10 Å². The van der Waals surface area contributed by atoms with Crippen LogP contribution in [-0.2, 0) is 0 Å². The number of fused-ring (bicyclic) bond motifs is 1. The number of oxazole rings is 1. The van der Waals surface area contributed by atoms with Gasteiger partial charge in [0.25, 0.3) is 5.88 Å².